The number of ether oxygens (including phenoxy) is 1. The summed E-state index contributed by atoms with van der Waals surface area (Å²) in [6, 6.07) is 3.62. The van der Waals surface area contributed by atoms with E-state index in [2.05, 4.69) is 4.74 Å². The van der Waals surface area contributed by atoms with Crippen LogP contribution in [0, 0.1) is 17.1 Å². The summed E-state index contributed by atoms with van der Waals surface area (Å²) in [6.07, 6.45) is 0.963. The second kappa shape index (κ2) is 5.67. The highest BCUT2D eigenvalue weighted by Crippen LogP contribution is 2.26. The molecule has 1 aromatic rings. The van der Waals surface area contributed by atoms with Crippen LogP contribution in [0.2, 0.25) is 10.0 Å². The van der Waals surface area contributed by atoms with Crippen molar-refractivity contribution in [3.63, 3.8) is 0 Å². The second-order valence-corrected chi connectivity index (χ2v) is 3.77. The predicted octanol–water partition coefficient (Wildman–Crippen LogP) is 3.37. The lowest BCUT2D eigenvalue weighted by atomic mass is 10.1. The summed E-state index contributed by atoms with van der Waals surface area (Å²) < 4.78 is 17.8. The molecule has 0 aliphatic carbocycles. The van der Waals surface area contributed by atoms with Crippen molar-refractivity contribution in [2.24, 2.45) is 0 Å². The number of hydrogen-bond acceptors (Lipinski definition) is 3. The van der Waals surface area contributed by atoms with Gasteiger partial charge in [-0.3, -0.25) is 4.79 Å². The number of rotatable bonds is 3. The van der Waals surface area contributed by atoms with Gasteiger partial charge < -0.3 is 4.74 Å². The highest BCUT2D eigenvalue weighted by atomic mass is 35.5. The van der Waals surface area contributed by atoms with Gasteiger partial charge in [-0.2, -0.15) is 5.26 Å². The van der Waals surface area contributed by atoms with E-state index in [1.54, 1.807) is 6.07 Å². The first-order valence-corrected chi connectivity index (χ1v) is 5.09. The molecule has 0 aliphatic heterocycles. The largest absolute Gasteiger partial charge is 0.503 e. The summed E-state index contributed by atoms with van der Waals surface area (Å²) in [5, 5.41) is 8.50. The molecule has 3 nitrogen and oxygen atoms in total. The summed E-state index contributed by atoms with van der Waals surface area (Å²) in [6.45, 7) is 0. The predicted molar refractivity (Wildman–Crippen MR) is 61.5 cm³/mol. The van der Waals surface area contributed by atoms with E-state index in [-0.39, 0.29) is 21.2 Å². The Kier molecular flexibility index (Phi) is 4.50. The van der Waals surface area contributed by atoms with Crippen molar-refractivity contribution in [3.05, 3.63) is 45.4 Å². The number of benzene rings is 1. The lowest BCUT2D eigenvalue weighted by Crippen LogP contribution is -2.04. The Morgan fingerprint density at radius 2 is 2.12 bits per heavy atom. The molecule has 0 aliphatic rings. The number of allylic oxidation sites excluding steroid dienone is 1. The minimum absolute atomic E-state index is 0.0290. The van der Waals surface area contributed by atoms with Gasteiger partial charge in [0.25, 0.3) is 0 Å². The van der Waals surface area contributed by atoms with Crippen LogP contribution in [0.5, 0.6) is 0 Å². The van der Waals surface area contributed by atoms with E-state index in [0.717, 1.165) is 18.4 Å². The SMILES string of the molecule is COC=C(C#N)C(=O)c1cc(F)c(Cl)cc1Cl. The minimum atomic E-state index is -0.783. The van der Waals surface area contributed by atoms with Gasteiger partial charge in [-0.15, -0.1) is 0 Å². The Bertz CT molecular complexity index is 535. The van der Waals surface area contributed by atoms with Crippen molar-refractivity contribution in [1.82, 2.24) is 0 Å². The molecule has 0 saturated carbocycles. The van der Waals surface area contributed by atoms with Gasteiger partial charge in [-0.1, -0.05) is 23.2 Å². The third-order valence-corrected chi connectivity index (χ3v) is 2.46. The van der Waals surface area contributed by atoms with Crippen molar-refractivity contribution in [3.8, 4) is 6.07 Å². The first-order valence-electron chi connectivity index (χ1n) is 4.33. The smallest absolute Gasteiger partial charge is 0.208 e. The first kappa shape index (κ1) is 13.5. The zero-order valence-electron chi connectivity index (χ0n) is 8.63. The molecule has 0 heterocycles. The Morgan fingerprint density at radius 3 is 2.65 bits per heavy atom. The van der Waals surface area contributed by atoms with Crippen LogP contribution >= 0.6 is 23.2 Å². The zero-order chi connectivity index (χ0) is 13.0. The van der Waals surface area contributed by atoms with Crippen LogP contribution in [0.4, 0.5) is 4.39 Å². The van der Waals surface area contributed by atoms with Gasteiger partial charge in [0.2, 0.25) is 5.78 Å². The van der Waals surface area contributed by atoms with Gasteiger partial charge in [-0.05, 0) is 12.1 Å². The van der Waals surface area contributed by atoms with Crippen LogP contribution in [-0.2, 0) is 4.74 Å². The lowest BCUT2D eigenvalue weighted by molar-refractivity contribution is 0.103. The van der Waals surface area contributed by atoms with Gasteiger partial charge in [-0.25, -0.2) is 4.39 Å². The molecular weight excluding hydrogens is 268 g/mol. The van der Waals surface area contributed by atoms with E-state index in [4.69, 9.17) is 28.5 Å². The fraction of sp³-hybridized carbons (Fsp3) is 0.0909. The highest BCUT2D eigenvalue weighted by Gasteiger charge is 2.18. The Labute approximate surface area is 107 Å². The zero-order valence-corrected chi connectivity index (χ0v) is 10.1. The van der Waals surface area contributed by atoms with Crippen molar-refractivity contribution in [1.29, 1.82) is 5.26 Å². The van der Waals surface area contributed by atoms with E-state index in [9.17, 15) is 9.18 Å². The van der Waals surface area contributed by atoms with Crippen molar-refractivity contribution >= 4 is 29.0 Å². The van der Waals surface area contributed by atoms with E-state index >= 15 is 0 Å². The number of Topliss-reactive ketones (excluding diaryl/α,β-unsaturated/α-hetero) is 1. The molecule has 0 atom stereocenters. The fourth-order valence-electron chi connectivity index (χ4n) is 1.09. The third kappa shape index (κ3) is 2.96. The van der Waals surface area contributed by atoms with E-state index < -0.39 is 11.6 Å². The summed E-state index contributed by atoms with van der Waals surface area (Å²) in [5.41, 5.74) is -0.422. The van der Waals surface area contributed by atoms with Crippen LogP contribution in [-0.4, -0.2) is 12.9 Å². The maximum absolute atomic E-state index is 13.2. The van der Waals surface area contributed by atoms with Gasteiger partial charge in [0.15, 0.2) is 0 Å². The lowest BCUT2D eigenvalue weighted by Gasteiger charge is -2.03. The molecule has 0 unspecified atom stereocenters. The van der Waals surface area contributed by atoms with Crippen LogP contribution in [0.15, 0.2) is 24.0 Å². The van der Waals surface area contributed by atoms with E-state index in [1.165, 1.54) is 7.11 Å². The molecule has 0 bridgehead atoms. The van der Waals surface area contributed by atoms with Gasteiger partial charge in [0, 0.05) is 5.56 Å². The van der Waals surface area contributed by atoms with Crippen LogP contribution in [0.25, 0.3) is 0 Å². The summed E-state index contributed by atoms with van der Waals surface area (Å²) in [4.78, 5) is 11.8. The quantitative estimate of drug-likeness (QED) is 0.279. The number of halogens is 3. The van der Waals surface area contributed by atoms with Crippen molar-refractivity contribution < 1.29 is 13.9 Å². The first-order chi connectivity index (χ1) is 8.01. The Balaban J connectivity index is 3.27. The Hall–Kier alpha value is -1.57. The maximum Gasteiger partial charge on any atom is 0.208 e. The van der Waals surface area contributed by atoms with Crippen LogP contribution in [0.1, 0.15) is 10.4 Å². The molecule has 1 rings (SSSR count). The normalized spacial score (nSPS) is 10.9. The molecule has 0 N–H and O–H groups in total. The van der Waals surface area contributed by atoms with E-state index in [0.29, 0.717) is 0 Å². The number of methoxy groups -OCH3 is 1. The number of nitriles is 1. The molecule has 0 aromatic heterocycles. The molecule has 0 amide bonds. The molecule has 17 heavy (non-hydrogen) atoms. The monoisotopic (exact) mass is 273 g/mol. The molecule has 0 fully saturated rings. The number of carbonyl (C=O) groups excluding carboxylic acids is 1. The van der Waals surface area contributed by atoms with Crippen LogP contribution in [0.3, 0.4) is 0 Å². The fourth-order valence-corrected chi connectivity index (χ4v) is 1.56. The molecule has 0 saturated heterocycles. The highest BCUT2D eigenvalue weighted by molar-refractivity contribution is 6.37. The molecule has 0 spiro atoms. The van der Waals surface area contributed by atoms with E-state index in [1.807, 2.05) is 0 Å². The topological polar surface area (TPSA) is 50.1 Å². The van der Waals surface area contributed by atoms with Crippen molar-refractivity contribution in [2.45, 2.75) is 0 Å². The van der Waals surface area contributed by atoms with Gasteiger partial charge in [0.05, 0.1) is 17.2 Å². The second-order valence-electron chi connectivity index (χ2n) is 2.95. The Morgan fingerprint density at radius 1 is 1.47 bits per heavy atom. The molecule has 88 valence electrons. The summed E-state index contributed by atoms with van der Waals surface area (Å²) in [7, 11) is 1.29. The maximum atomic E-state index is 13.2. The molecule has 6 heteroatoms. The molecule has 1 aromatic carbocycles. The average Bonchev–Trinajstić information content (AvgIpc) is 2.30. The summed E-state index contributed by atoms with van der Waals surface area (Å²) in [5.74, 6) is -1.51. The van der Waals surface area contributed by atoms with Crippen molar-refractivity contribution in [2.75, 3.05) is 7.11 Å². The van der Waals surface area contributed by atoms with Gasteiger partial charge in [0.1, 0.15) is 23.7 Å². The van der Waals surface area contributed by atoms with Gasteiger partial charge >= 0.3 is 0 Å². The molecule has 0 radical (unpaired) electrons. The van der Waals surface area contributed by atoms with Crippen LogP contribution < -0.4 is 0 Å². The standard InChI is InChI=1S/C11H6Cl2FNO2/c1-17-5-6(4-15)11(16)7-2-10(14)9(13)3-8(7)12/h2-3,5H,1H3. The third-order valence-electron chi connectivity index (χ3n) is 1.86. The number of ketones is 1. The summed E-state index contributed by atoms with van der Waals surface area (Å²) >= 11 is 11.2. The number of carbonyl (C=O) groups is 1. The molecular formula is C11H6Cl2FNO2. The number of hydrogen-bond donors (Lipinski definition) is 0. The minimum Gasteiger partial charge on any atom is -0.503 e. The number of nitrogens with zero attached hydrogens (tertiary/aromatic N) is 1. The average molecular weight is 274 g/mol.